The molecule has 0 bridgehead atoms. The van der Waals surface area contributed by atoms with E-state index in [1.54, 1.807) is 39.0 Å². The Hall–Kier alpha value is -1.82. The largest absolute Gasteiger partial charge is 0.478 e. The topological polar surface area (TPSA) is 83.5 Å². The minimum atomic E-state index is -3.48. The summed E-state index contributed by atoms with van der Waals surface area (Å²) in [5.41, 5.74) is 2.06. The first kappa shape index (κ1) is 17.2. The van der Waals surface area contributed by atoms with E-state index in [-0.39, 0.29) is 0 Å². The zero-order valence-electron chi connectivity index (χ0n) is 12.7. The van der Waals surface area contributed by atoms with Gasteiger partial charge in [0.05, 0.1) is 10.4 Å². The third-order valence-corrected chi connectivity index (χ3v) is 5.08. The van der Waals surface area contributed by atoms with Crippen LogP contribution in [0.4, 0.5) is 5.69 Å². The van der Waals surface area contributed by atoms with E-state index in [4.69, 9.17) is 5.11 Å². The fraction of sp³-hybridized carbons (Fsp3) is 0.400. The van der Waals surface area contributed by atoms with Gasteiger partial charge in [-0.05, 0) is 56.5 Å². The third-order valence-electron chi connectivity index (χ3n) is 2.98. The molecular weight excluding hydrogens is 290 g/mol. The van der Waals surface area contributed by atoms with Crippen molar-refractivity contribution in [3.8, 4) is 0 Å². The third kappa shape index (κ3) is 4.60. The van der Waals surface area contributed by atoms with E-state index < -0.39 is 20.7 Å². The first-order valence-corrected chi connectivity index (χ1v) is 8.11. The van der Waals surface area contributed by atoms with Gasteiger partial charge in [-0.15, -0.1) is 0 Å². The number of benzene rings is 1. The van der Waals surface area contributed by atoms with Crippen LogP contribution in [0.15, 0.2) is 24.3 Å². The lowest BCUT2D eigenvalue weighted by Crippen LogP contribution is -2.34. The predicted octanol–water partition coefficient (Wildman–Crippen LogP) is 2.89. The Morgan fingerprint density at radius 3 is 2.43 bits per heavy atom. The highest BCUT2D eigenvalue weighted by Crippen LogP contribution is 2.24. The summed E-state index contributed by atoms with van der Waals surface area (Å²) in [4.78, 5) is 10.5. The summed E-state index contributed by atoms with van der Waals surface area (Å²) in [5, 5.41) is 8.62. The summed E-state index contributed by atoms with van der Waals surface area (Å²) in [6.45, 7) is 6.80. The first-order valence-electron chi connectivity index (χ1n) is 6.63. The van der Waals surface area contributed by atoms with Crippen molar-refractivity contribution in [2.45, 2.75) is 38.9 Å². The second-order valence-corrected chi connectivity index (χ2v) is 8.10. The summed E-state index contributed by atoms with van der Waals surface area (Å²) in [6.07, 6.45) is 3.16. The van der Waals surface area contributed by atoms with E-state index in [9.17, 15) is 13.2 Å². The van der Waals surface area contributed by atoms with E-state index in [2.05, 4.69) is 4.72 Å². The van der Waals surface area contributed by atoms with Crippen LogP contribution in [0.3, 0.4) is 0 Å². The van der Waals surface area contributed by atoms with Crippen molar-refractivity contribution in [1.82, 2.24) is 0 Å². The molecule has 0 spiro atoms. The van der Waals surface area contributed by atoms with Gasteiger partial charge in [0.1, 0.15) is 0 Å². The molecule has 0 fully saturated rings. The lowest BCUT2D eigenvalue weighted by atomic mass is 10.1. The lowest BCUT2D eigenvalue weighted by Gasteiger charge is -2.21. The van der Waals surface area contributed by atoms with Crippen LogP contribution in [0.1, 0.15) is 38.8 Å². The molecule has 0 aliphatic heterocycles. The summed E-state index contributed by atoms with van der Waals surface area (Å²) in [5.74, 6) is -1.02. The van der Waals surface area contributed by atoms with E-state index in [1.165, 1.54) is 6.08 Å². The van der Waals surface area contributed by atoms with E-state index >= 15 is 0 Å². The van der Waals surface area contributed by atoms with Gasteiger partial charge in [-0.1, -0.05) is 13.0 Å². The average molecular weight is 311 g/mol. The van der Waals surface area contributed by atoms with Crippen LogP contribution >= 0.6 is 0 Å². The molecule has 0 aromatic heterocycles. The van der Waals surface area contributed by atoms with E-state index in [1.807, 2.05) is 6.92 Å². The highest BCUT2D eigenvalue weighted by Gasteiger charge is 2.29. The van der Waals surface area contributed by atoms with Crippen LogP contribution in [-0.4, -0.2) is 24.2 Å². The van der Waals surface area contributed by atoms with Gasteiger partial charge in [0.25, 0.3) is 0 Å². The standard InChI is InChI=1S/C15H21NO4S/c1-5-12-10-11(7-9-14(17)18)6-8-13(12)16-21(19,20)15(2,3)4/h6-10,16H,5H2,1-4H3,(H,17,18)/b9-7+. The minimum Gasteiger partial charge on any atom is -0.478 e. The molecule has 21 heavy (non-hydrogen) atoms. The molecule has 0 unspecified atom stereocenters. The van der Waals surface area contributed by atoms with Gasteiger partial charge in [0.15, 0.2) is 0 Å². The van der Waals surface area contributed by atoms with Crippen molar-refractivity contribution in [2.24, 2.45) is 0 Å². The number of hydrogen-bond acceptors (Lipinski definition) is 3. The molecule has 5 nitrogen and oxygen atoms in total. The fourth-order valence-corrected chi connectivity index (χ4v) is 2.37. The number of aryl methyl sites for hydroxylation is 1. The Labute approximate surface area is 125 Å². The monoisotopic (exact) mass is 311 g/mol. The van der Waals surface area contributed by atoms with Crippen molar-refractivity contribution < 1.29 is 18.3 Å². The zero-order valence-corrected chi connectivity index (χ0v) is 13.5. The molecule has 0 saturated carbocycles. The van der Waals surface area contributed by atoms with Crippen molar-refractivity contribution in [1.29, 1.82) is 0 Å². The molecule has 0 atom stereocenters. The molecule has 0 saturated heterocycles. The SMILES string of the molecule is CCc1cc(/C=C/C(=O)O)ccc1NS(=O)(=O)C(C)(C)C. The molecule has 2 N–H and O–H groups in total. The predicted molar refractivity (Wildman–Crippen MR) is 84.8 cm³/mol. The maximum Gasteiger partial charge on any atom is 0.328 e. The molecule has 0 radical (unpaired) electrons. The highest BCUT2D eigenvalue weighted by molar-refractivity contribution is 7.94. The second-order valence-electron chi connectivity index (χ2n) is 5.66. The summed E-state index contributed by atoms with van der Waals surface area (Å²) < 4.78 is 26.1. The highest BCUT2D eigenvalue weighted by atomic mass is 32.2. The normalized spacial score (nSPS) is 12.6. The molecule has 0 aliphatic rings. The van der Waals surface area contributed by atoms with Crippen molar-refractivity contribution >= 4 is 27.8 Å². The van der Waals surface area contributed by atoms with Crippen LogP contribution in [-0.2, 0) is 21.2 Å². The van der Waals surface area contributed by atoms with Crippen LogP contribution in [0.2, 0.25) is 0 Å². The molecule has 116 valence electrons. The van der Waals surface area contributed by atoms with Gasteiger partial charge >= 0.3 is 5.97 Å². The quantitative estimate of drug-likeness (QED) is 0.819. The van der Waals surface area contributed by atoms with Crippen molar-refractivity contribution in [3.63, 3.8) is 0 Å². The molecule has 1 rings (SSSR count). The Balaban J connectivity index is 3.14. The number of sulfonamides is 1. The van der Waals surface area contributed by atoms with Gasteiger partial charge in [0, 0.05) is 6.08 Å². The number of carbonyl (C=O) groups is 1. The molecular formula is C15H21NO4S. The number of rotatable bonds is 5. The summed E-state index contributed by atoms with van der Waals surface area (Å²) in [6, 6.07) is 5.11. The number of carboxylic acid groups (broad SMARTS) is 1. The number of hydrogen-bond donors (Lipinski definition) is 2. The zero-order chi connectivity index (χ0) is 16.3. The maximum atomic E-state index is 12.2. The Bertz CT molecular complexity index is 655. The first-order chi connectivity index (χ1) is 9.56. The summed E-state index contributed by atoms with van der Waals surface area (Å²) in [7, 11) is -3.48. The summed E-state index contributed by atoms with van der Waals surface area (Å²) >= 11 is 0. The van der Waals surface area contributed by atoms with Gasteiger partial charge in [0.2, 0.25) is 10.0 Å². The smallest absolute Gasteiger partial charge is 0.328 e. The number of aliphatic carboxylic acids is 1. The Morgan fingerprint density at radius 2 is 1.95 bits per heavy atom. The van der Waals surface area contributed by atoms with Crippen LogP contribution < -0.4 is 4.72 Å². The van der Waals surface area contributed by atoms with Crippen LogP contribution in [0.5, 0.6) is 0 Å². The molecule has 0 heterocycles. The molecule has 1 aromatic carbocycles. The number of carboxylic acids is 1. The van der Waals surface area contributed by atoms with E-state index in [0.717, 1.165) is 11.6 Å². The molecule has 0 amide bonds. The Kier molecular flexibility index (Phi) is 5.17. The lowest BCUT2D eigenvalue weighted by molar-refractivity contribution is -0.131. The molecule has 0 aliphatic carbocycles. The number of anilines is 1. The van der Waals surface area contributed by atoms with Gasteiger partial charge < -0.3 is 5.11 Å². The van der Waals surface area contributed by atoms with Gasteiger partial charge in [-0.3, -0.25) is 4.72 Å². The minimum absolute atomic E-state index is 0.528. The van der Waals surface area contributed by atoms with Gasteiger partial charge in [-0.2, -0.15) is 0 Å². The fourth-order valence-electron chi connectivity index (χ4n) is 1.57. The number of nitrogens with one attached hydrogen (secondary N) is 1. The second kappa shape index (κ2) is 6.30. The molecule has 6 heteroatoms. The van der Waals surface area contributed by atoms with Crippen LogP contribution in [0, 0.1) is 0 Å². The average Bonchev–Trinajstić information content (AvgIpc) is 2.35. The van der Waals surface area contributed by atoms with Crippen LogP contribution in [0.25, 0.3) is 6.08 Å². The van der Waals surface area contributed by atoms with E-state index in [0.29, 0.717) is 17.7 Å². The maximum absolute atomic E-state index is 12.2. The van der Waals surface area contributed by atoms with Gasteiger partial charge in [-0.25, -0.2) is 13.2 Å². The van der Waals surface area contributed by atoms with Crippen molar-refractivity contribution in [3.05, 3.63) is 35.4 Å². The Morgan fingerprint density at radius 1 is 1.33 bits per heavy atom. The molecule has 1 aromatic rings. The van der Waals surface area contributed by atoms with Crippen molar-refractivity contribution in [2.75, 3.05) is 4.72 Å².